The van der Waals surface area contributed by atoms with Crippen LogP contribution in [0.1, 0.15) is 64.6 Å². The van der Waals surface area contributed by atoms with Gasteiger partial charge in [0.2, 0.25) is 5.91 Å². The maximum Gasteiger partial charge on any atom is 0.408 e. The van der Waals surface area contributed by atoms with Crippen LogP contribution in [0.5, 0.6) is 11.5 Å². The van der Waals surface area contributed by atoms with Gasteiger partial charge in [-0.2, -0.15) is 11.8 Å². The Kier molecular flexibility index (Phi) is 12.2. The summed E-state index contributed by atoms with van der Waals surface area (Å²) in [6.45, 7) is 10.8. The van der Waals surface area contributed by atoms with E-state index >= 15 is 0 Å². The third-order valence-electron chi connectivity index (χ3n) is 6.34. The van der Waals surface area contributed by atoms with Crippen LogP contribution >= 0.6 is 11.8 Å². The number of nitrogens with zero attached hydrogens (tertiary/aromatic N) is 1. The van der Waals surface area contributed by atoms with E-state index in [1.54, 1.807) is 83.0 Å². The van der Waals surface area contributed by atoms with Crippen LogP contribution in [-0.2, 0) is 14.3 Å². The minimum absolute atomic E-state index is 0.0870. The van der Waals surface area contributed by atoms with Crippen molar-refractivity contribution in [3.8, 4) is 11.5 Å². The molecule has 2 aromatic rings. The topological polar surface area (TPSA) is 117 Å². The van der Waals surface area contributed by atoms with E-state index in [1.165, 1.54) is 11.0 Å². The summed E-state index contributed by atoms with van der Waals surface area (Å²) in [6.07, 6.45) is 2.15. The highest BCUT2D eigenvalue weighted by atomic mass is 32.2. The van der Waals surface area contributed by atoms with E-state index in [0.717, 1.165) is 0 Å². The molecule has 3 amide bonds. The molecule has 220 valence electrons. The van der Waals surface area contributed by atoms with Gasteiger partial charge in [0.05, 0.1) is 7.11 Å². The number of phenolic OH excluding ortho intramolecular Hbond substituents is 1. The van der Waals surface area contributed by atoms with Gasteiger partial charge >= 0.3 is 6.09 Å². The standard InChI is InChI=1S/C30H43N3O6S/c1-9-20(3)33(28(36)24(16-17-40-8)32-29(37)39-30(4,5)6)26(21-10-15-25(34)19(2)18-21)27(35)31-22-11-13-23(38-7)14-12-22/h10-15,18,20,24,26,34H,9,16-17H2,1-8H3,(H,31,35)(H,32,37). The summed E-state index contributed by atoms with van der Waals surface area (Å²) in [5.41, 5.74) is 0.907. The van der Waals surface area contributed by atoms with Gasteiger partial charge in [-0.15, -0.1) is 0 Å². The molecule has 3 atom stereocenters. The average molecular weight is 574 g/mol. The van der Waals surface area contributed by atoms with E-state index in [-0.39, 0.29) is 11.8 Å². The van der Waals surface area contributed by atoms with Gasteiger partial charge in [0, 0.05) is 11.7 Å². The summed E-state index contributed by atoms with van der Waals surface area (Å²) < 4.78 is 10.7. The second kappa shape index (κ2) is 14.8. The van der Waals surface area contributed by atoms with Gasteiger partial charge in [-0.05, 0) is 107 Å². The van der Waals surface area contributed by atoms with Crippen LogP contribution in [0, 0.1) is 6.92 Å². The fourth-order valence-electron chi connectivity index (χ4n) is 4.09. The molecule has 0 aliphatic heterocycles. The highest BCUT2D eigenvalue weighted by molar-refractivity contribution is 7.98. The Bertz CT molecular complexity index is 1150. The van der Waals surface area contributed by atoms with Crippen LogP contribution in [0.4, 0.5) is 10.5 Å². The van der Waals surface area contributed by atoms with Gasteiger partial charge in [0.25, 0.3) is 5.91 Å². The Labute approximate surface area is 242 Å². The minimum atomic E-state index is -1.04. The van der Waals surface area contributed by atoms with Crippen molar-refractivity contribution in [2.24, 2.45) is 0 Å². The number of amides is 3. The molecule has 0 aliphatic rings. The first kappa shape index (κ1) is 32.8. The normalized spacial score (nSPS) is 13.5. The minimum Gasteiger partial charge on any atom is -0.508 e. The zero-order valence-electron chi connectivity index (χ0n) is 24.7. The number of methoxy groups -OCH3 is 1. The number of aryl methyl sites for hydroxylation is 1. The molecular formula is C30H43N3O6S. The van der Waals surface area contributed by atoms with Gasteiger partial charge in [0.15, 0.2) is 0 Å². The molecule has 0 fully saturated rings. The number of anilines is 1. The summed E-state index contributed by atoms with van der Waals surface area (Å²) in [6, 6.07) is 9.45. The molecule has 0 saturated carbocycles. The molecule has 3 unspecified atom stereocenters. The number of phenols is 1. The number of rotatable bonds is 12. The fraction of sp³-hybridized carbons (Fsp3) is 0.500. The first-order valence-corrected chi connectivity index (χ1v) is 14.8. The van der Waals surface area contributed by atoms with Gasteiger partial charge < -0.3 is 30.1 Å². The lowest BCUT2D eigenvalue weighted by Gasteiger charge is -2.38. The third-order valence-corrected chi connectivity index (χ3v) is 6.98. The third kappa shape index (κ3) is 9.36. The highest BCUT2D eigenvalue weighted by Crippen LogP contribution is 2.31. The predicted molar refractivity (Wildman–Crippen MR) is 160 cm³/mol. The Balaban J connectivity index is 2.57. The van der Waals surface area contributed by atoms with E-state index in [1.807, 2.05) is 20.1 Å². The van der Waals surface area contributed by atoms with E-state index in [4.69, 9.17) is 9.47 Å². The molecule has 0 bridgehead atoms. The number of carbonyl (C=O) groups excluding carboxylic acids is 3. The van der Waals surface area contributed by atoms with E-state index in [0.29, 0.717) is 41.2 Å². The van der Waals surface area contributed by atoms with Crippen LogP contribution in [0.15, 0.2) is 42.5 Å². The number of alkyl carbamates (subject to hydrolysis) is 1. The summed E-state index contributed by atoms with van der Waals surface area (Å²) in [7, 11) is 1.56. The van der Waals surface area contributed by atoms with Crippen LogP contribution in [-0.4, -0.2) is 64.7 Å². The van der Waals surface area contributed by atoms with Crippen molar-refractivity contribution in [2.75, 3.05) is 24.4 Å². The maximum absolute atomic E-state index is 14.3. The number of hydrogen-bond acceptors (Lipinski definition) is 7. The second-order valence-corrected chi connectivity index (χ2v) is 11.6. The lowest BCUT2D eigenvalue weighted by atomic mass is 9.97. The first-order valence-electron chi connectivity index (χ1n) is 13.4. The number of aromatic hydroxyl groups is 1. The zero-order valence-corrected chi connectivity index (χ0v) is 25.6. The van der Waals surface area contributed by atoms with Crippen molar-refractivity contribution in [1.29, 1.82) is 0 Å². The monoisotopic (exact) mass is 573 g/mol. The molecule has 40 heavy (non-hydrogen) atoms. The predicted octanol–water partition coefficient (Wildman–Crippen LogP) is 5.66. The number of nitrogens with one attached hydrogen (secondary N) is 2. The van der Waals surface area contributed by atoms with Crippen molar-refractivity contribution in [1.82, 2.24) is 10.2 Å². The number of ether oxygens (including phenoxy) is 2. The average Bonchev–Trinajstić information content (AvgIpc) is 2.89. The molecule has 2 aromatic carbocycles. The molecule has 0 saturated heterocycles. The first-order chi connectivity index (χ1) is 18.8. The van der Waals surface area contributed by atoms with Gasteiger partial charge in [-0.1, -0.05) is 13.0 Å². The van der Waals surface area contributed by atoms with Crippen molar-refractivity contribution < 1.29 is 29.0 Å². The molecule has 0 heterocycles. The smallest absolute Gasteiger partial charge is 0.408 e. The fourth-order valence-corrected chi connectivity index (χ4v) is 4.56. The van der Waals surface area contributed by atoms with Gasteiger partial charge in [-0.25, -0.2) is 4.79 Å². The molecule has 2 rings (SSSR count). The highest BCUT2D eigenvalue weighted by Gasteiger charge is 2.38. The molecule has 3 N–H and O–H groups in total. The van der Waals surface area contributed by atoms with Crippen LogP contribution in [0.2, 0.25) is 0 Å². The maximum atomic E-state index is 14.3. The zero-order chi connectivity index (χ0) is 30.0. The van der Waals surface area contributed by atoms with E-state index in [9.17, 15) is 19.5 Å². The van der Waals surface area contributed by atoms with Crippen molar-refractivity contribution in [3.63, 3.8) is 0 Å². The molecule has 0 spiro atoms. The Morgan fingerprint density at radius 2 is 1.75 bits per heavy atom. The lowest BCUT2D eigenvalue weighted by molar-refractivity contribution is -0.143. The molecule has 0 aliphatic carbocycles. The Hall–Kier alpha value is -3.40. The van der Waals surface area contributed by atoms with Gasteiger partial charge in [0.1, 0.15) is 29.2 Å². The number of carbonyl (C=O) groups is 3. The largest absolute Gasteiger partial charge is 0.508 e. The summed E-state index contributed by atoms with van der Waals surface area (Å²) >= 11 is 1.55. The molecule has 9 nitrogen and oxygen atoms in total. The SMILES string of the molecule is CCC(C)N(C(=O)C(CCSC)NC(=O)OC(C)(C)C)C(C(=O)Nc1ccc(OC)cc1)c1ccc(O)c(C)c1. The summed E-state index contributed by atoms with van der Waals surface area (Å²) in [5, 5.41) is 15.8. The number of thioether (sulfide) groups is 1. The van der Waals surface area contributed by atoms with Crippen LogP contribution < -0.4 is 15.4 Å². The Morgan fingerprint density at radius 3 is 2.27 bits per heavy atom. The van der Waals surface area contributed by atoms with Crippen molar-refractivity contribution >= 4 is 35.4 Å². The summed E-state index contributed by atoms with van der Waals surface area (Å²) in [5.74, 6) is 0.523. The van der Waals surface area contributed by atoms with Crippen molar-refractivity contribution in [3.05, 3.63) is 53.6 Å². The number of hydrogen-bond donors (Lipinski definition) is 3. The second-order valence-electron chi connectivity index (χ2n) is 10.6. The molecule has 0 radical (unpaired) electrons. The molecule has 10 heteroatoms. The van der Waals surface area contributed by atoms with Crippen LogP contribution in [0.25, 0.3) is 0 Å². The molecule has 0 aromatic heterocycles. The quantitative estimate of drug-likeness (QED) is 0.300. The van der Waals surface area contributed by atoms with Crippen LogP contribution in [0.3, 0.4) is 0 Å². The van der Waals surface area contributed by atoms with Gasteiger partial charge in [-0.3, -0.25) is 9.59 Å². The van der Waals surface area contributed by atoms with Crippen molar-refractivity contribution in [2.45, 2.75) is 78.1 Å². The lowest BCUT2D eigenvalue weighted by Crippen LogP contribution is -2.55. The van der Waals surface area contributed by atoms with E-state index in [2.05, 4.69) is 10.6 Å². The Morgan fingerprint density at radius 1 is 1.10 bits per heavy atom. The number of benzene rings is 2. The van der Waals surface area contributed by atoms with E-state index < -0.39 is 35.6 Å². The molecular weight excluding hydrogens is 530 g/mol. The summed E-state index contributed by atoms with van der Waals surface area (Å²) in [4.78, 5) is 42.5.